The van der Waals surface area contributed by atoms with Gasteiger partial charge in [-0.05, 0) is 38.1 Å². The van der Waals surface area contributed by atoms with Gasteiger partial charge in [0.25, 0.3) is 5.91 Å². The van der Waals surface area contributed by atoms with E-state index in [1.807, 2.05) is 19.3 Å². The zero-order valence-electron chi connectivity index (χ0n) is 18.2. The molecule has 5 rings (SSSR count). The number of aryl methyl sites for hydroxylation is 1. The highest BCUT2D eigenvalue weighted by Crippen LogP contribution is 2.28. The fraction of sp³-hybridized carbons (Fsp3) is 0.348. The van der Waals surface area contributed by atoms with Crippen LogP contribution in [0.2, 0.25) is 0 Å². The number of nitrogens with one attached hydrogen (secondary N) is 1. The fourth-order valence-electron chi connectivity index (χ4n) is 4.11. The minimum atomic E-state index is -0.386. The van der Waals surface area contributed by atoms with Crippen LogP contribution in [0.5, 0.6) is 0 Å². The molecule has 1 N–H and O–H groups in total. The Balaban J connectivity index is 1.28. The number of anilines is 1. The molecule has 0 radical (unpaired) electrons. The van der Waals surface area contributed by atoms with E-state index in [0.29, 0.717) is 18.3 Å². The van der Waals surface area contributed by atoms with Crippen LogP contribution in [-0.4, -0.2) is 61.8 Å². The van der Waals surface area contributed by atoms with Gasteiger partial charge < -0.3 is 14.6 Å². The lowest BCUT2D eigenvalue weighted by atomic mass is 9.97. The monoisotopic (exact) mass is 449 g/mol. The van der Waals surface area contributed by atoms with E-state index < -0.39 is 0 Å². The molecule has 33 heavy (non-hydrogen) atoms. The number of piperidine rings is 1. The number of hydrogen-bond donors (Lipinski definition) is 1. The molecule has 1 aliphatic rings. The van der Waals surface area contributed by atoms with Crippen LogP contribution < -0.4 is 5.32 Å². The van der Waals surface area contributed by atoms with Gasteiger partial charge >= 0.3 is 0 Å². The molecule has 0 atom stereocenters. The molecule has 0 bridgehead atoms. The molecule has 0 aliphatic carbocycles. The minimum Gasteiger partial charge on any atom is -0.448 e. The molecule has 0 saturated carbocycles. The highest BCUT2D eigenvalue weighted by atomic mass is 19.1. The van der Waals surface area contributed by atoms with E-state index in [1.54, 1.807) is 29.3 Å². The van der Waals surface area contributed by atoms with E-state index in [-0.39, 0.29) is 24.2 Å². The second kappa shape index (κ2) is 9.07. The third-order valence-electron chi connectivity index (χ3n) is 5.94. The average Bonchev–Trinajstić information content (AvgIpc) is 3.49. The maximum Gasteiger partial charge on any atom is 0.278 e. The van der Waals surface area contributed by atoms with Gasteiger partial charge in [-0.3, -0.25) is 14.5 Å². The van der Waals surface area contributed by atoms with Crippen LogP contribution in [0.4, 0.5) is 10.2 Å². The largest absolute Gasteiger partial charge is 0.448 e. The molecule has 170 valence electrons. The van der Waals surface area contributed by atoms with Gasteiger partial charge in [0.05, 0.1) is 17.9 Å². The van der Waals surface area contributed by atoms with Crippen molar-refractivity contribution in [2.24, 2.45) is 7.05 Å². The molecule has 1 aliphatic heterocycles. The van der Waals surface area contributed by atoms with Crippen molar-refractivity contribution < 1.29 is 13.6 Å². The average molecular weight is 449 g/mol. The van der Waals surface area contributed by atoms with Crippen molar-refractivity contribution in [3.8, 4) is 11.1 Å². The van der Waals surface area contributed by atoms with Crippen molar-refractivity contribution in [2.75, 3.05) is 31.6 Å². The normalized spacial score (nSPS) is 15.2. The number of oxazole rings is 1. The highest BCUT2D eigenvalue weighted by Gasteiger charge is 2.25. The van der Waals surface area contributed by atoms with E-state index in [4.69, 9.17) is 4.42 Å². The van der Waals surface area contributed by atoms with Crippen LogP contribution >= 0.6 is 0 Å². The van der Waals surface area contributed by atoms with Gasteiger partial charge in [0.1, 0.15) is 18.8 Å². The predicted octanol–water partition coefficient (Wildman–Crippen LogP) is 3.42. The molecule has 0 unspecified atom stereocenters. The number of aromatic nitrogens is 5. The summed E-state index contributed by atoms with van der Waals surface area (Å²) in [6, 6.07) is 3.77. The molecular weight excluding hydrogens is 425 g/mol. The summed E-state index contributed by atoms with van der Waals surface area (Å²) in [7, 11) is 1.86. The Morgan fingerprint density at radius 3 is 2.79 bits per heavy atom. The summed E-state index contributed by atoms with van der Waals surface area (Å²) >= 11 is 0. The zero-order chi connectivity index (χ0) is 22.8. The molecular formula is C23H24FN7O2. The van der Waals surface area contributed by atoms with E-state index in [2.05, 4.69) is 30.3 Å². The molecule has 1 amide bonds. The van der Waals surface area contributed by atoms with E-state index >= 15 is 0 Å². The molecule has 10 heteroatoms. The number of rotatable bonds is 6. The number of fused-ring (bicyclic) bond motifs is 1. The Labute approximate surface area is 189 Å². The summed E-state index contributed by atoms with van der Waals surface area (Å²) in [6.45, 7) is 1.73. The number of alkyl halides is 1. The molecule has 4 aromatic rings. The summed E-state index contributed by atoms with van der Waals surface area (Å²) in [5.74, 6) is 0.708. The Morgan fingerprint density at radius 1 is 1.18 bits per heavy atom. The smallest absolute Gasteiger partial charge is 0.278 e. The van der Waals surface area contributed by atoms with Crippen LogP contribution in [0, 0.1) is 0 Å². The number of amides is 1. The number of pyridine rings is 2. The Hall–Kier alpha value is -3.66. The van der Waals surface area contributed by atoms with E-state index in [1.165, 1.54) is 6.26 Å². The van der Waals surface area contributed by atoms with Crippen LogP contribution in [0.15, 0.2) is 47.6 Å². The lowest BCUT2D eigenvalue weighted by Gasteiger charge is -2.29. The summed E-state index contributed by atoms with van der Waals surface area (Å²) in [5, 5.41) is 7.83. The first kappa shape index (κ1) is 21.2. The second-order valence-corrected chi connectivity index (χ2v) is 8.22. The number of hydrogen-bond acceptors (Lipinski definition) is 7. The summed E-state index contributed by atoms with van der Waals surface area (Å²) in [5.41, 5.74) is 2.82. The van der Waals surface area contributed by atoms with Crippen molar-refractivity contribution in [1.82, 2.24) is 29.6 Å². The molecule has 4 aromatic heterocycles. The Kier molecular flexibility index (Phi) is 5.82. The van der Waals surface area contributed by atoms with Crippen molar-refractivity contribution in [3.05, 3.63) is 54.8 Å². The topological polar surface area (TPSA) is 102 Å². The Bertz CT molecular complexity index is 1280. The van der Waals surface area contributed by atoms with Gasteiger partial charge in [-0.2, -0.15) is 5.10 Å². The number of likely N-dealkylation sites (tertiary alicyclic amines) is 1. The first-order chi connectivity index (χ1) is 16.1. The van der Waals surface area contributed by atoms with Gasteiger partial charge in [0.15, 0.2) is 11.6 Å². The quantitative estimate of drug-likeness (QED) is 0.481. The molecule has 0 aromatic carbocycles. The zero-order valence-corrected chi connectivity index (χ0v) is 18.2. The van der Waals surface area contributed by atoms with Gasteiger partial charge in [-0.15, -0.1) is 0 Å². The Morgan fingerprint density at radius 2 is 2.03 bits per heavy atom. The number of halogens is 1. The molecule has 9 nitrogen and oxygen atoms in total. The standard InChI is InChI=1S/C23H24FN7O2/c1-30-13-18(11-27-30)17-8-16-9-21(26-12-19(16)25-10-17)29-22(32)20-14-33-23(28-20)15-2-5-31(6-3-15)7-4-24/h8-15H,2-7H2,1H3,(H,26,29,32). The van der Waals surface area contributed by atoms with E-state index in [9.17, 15) is 9.18 Å². The maximum atomic E-state index is 12.7. The van der Waals surface area contributed by atoms with Crippen LogP contribution in [-0.2, 0) is 7.05 Å². The van der Waals surface area contributed by atoms with Crippen molar-refractivity contribution >= 4 is 22.6 Å². The molecule has 0 spiro atoms. The van der Waals surface area contributed by atoms with Gasteiger partial charge in [-0.25, -0.2) is 14.4 Å². The third-order valence-corrected chi connectivity index (χ3v) is 5.94. The lowest BCUT2D eigenvalue weighted by Crippen LogP contribution is -2.34. The third kappa shape index (κ3) is 4.61. The van der Waals surface area contributed by atoms with E-state index in [0.717, 1.165) is 48.0 Å². The number of carbonyl (C=O) groups is 1. The van der Waals surface area contributed by atoms with Gasteiger partial charge in [0.2, 0.25) is 0 Å². The second-order valence-electron chi connectivity index (χ2n) is 8.22. The number of nitrogens with zero attached hydrogens (tertiary/aromatic N) is 6. The van der Waals surface area contributed by atoms with Crippen LogP contribution in [0.25, 0.3) is 22.0 Å². The van der Waals surface area contributed by atoms with Crippen molar-refractivity contribution in [1.29, 1.82) is 0 Å². The SMILES string of the molecule is Cn1cc(-c2cnc3cnc(NC(=O)c4coc(C5CCN(CCF)CC5)n4)cc3c2)cn1. The first-order valence-corrected chi connectivity index (χ1v) is 10.9. The van der Waals surface area contributed by atoms with Crippen LogP contribution in [0.3, 0.4) is 0 Å². The highest BCUT2D eigenvalue weighted by molar-refractivity contribution is 6.02. The van der Waals surface area contributed by atoms with Crippen molar-refractivity contribution in [2.45, 2.75) is 18.8 Å². The summed E-state index contributed by atoms with van der Waals surface area (Å²) in [6.07, 6.45) is 10.1. The lowest BCUT2D eigenvalue weighted by molar-refractivity contribution is 0.102. The maximum absolute atomic E-state index is 12.7. The molecule has 1 saturated heterocycles. The molecule has 5 heterocycles. The first-order valence-electron chi connectivity index (χ1n) is 10.9. The molecule has 1 fully saturated rings. The number of carbonyl (C=O) groups excluding carboxylic acids is 1. The minimum absolute atomic E-state index is 0.137. The van der Waals surface area contributed by atoms with Crippen LogP contribution in [0.1, 0.15) is 35.1 Å². The fourth-order valence-corrected chi connectivity index (χ4v) is 4.11. The van der Waals surface area contributed by atoms with Gasteiger partial charge in [-0.1, -0.05) is 0 Å². The summed E-state index contributed by atoms with van der Waals surface area (Å²) < 4.78 is 19.9. The predicted molar refractivity (Wildman–Crippen MR) is 121 cm³/mol. The van der Waals surface area contributed by atoms with Crippen molar-refractivity contribution in [3.63, 3.8) is 0 Å². The van der Waals surface area contributed by atoms with Gasteiger partial charge in [0, 0.05) is 48.4 Å². The summed E-state index contributed by atoms with van der Waals surface area (Å²) in [4.78, 5) is 28.0.